The minimum atomic E-state index is -0.450. The number of halogens is 1. The first-order chi connectivity index (χ1) is 6.49. The zero-order valence-corrected chi connectivity index (χ0v) is 10.5. The lowest BCUT2D eigenvalue weighted by Crippen LogP contribution is -2.44. The van der Waals surface area contributed by atoms with Gasteiger partial charge in [-0.3, -0.25) is 4.79 Å². The molecule has 15 heavy (non-hydrogen) atoms. The zero-order valence-electron chi connectivity index (χ0n) is 9.69. The first-order valence-corrected chi connectivity index (χ1v) is 5.20. The minimum absolute atomic E-state index is 0. The lowest BCUT2D eigenvalue weighted by Gasteiger charge is -2.16. The van der Waals surface area contributed by atoms with E-state index in [0.717, 1.165) is 0 Å². The number of rotatable bonds is 6. The molecule has 0 aromatic carbocycles. The van der Waals surface area contributed by atoms with E-state index in [9.17, 15) is 9.90 Å². The Morgan fingerprint density at radius 2 is 2.00 bits per heavy atom. The monoisotopic (exact) mass is 238 g/mol. The molecule has 92 valence electrons. The normalized spacial score (nSPS) is 14.3. The number of amides is 1. The van der Waals surface area contributed by atoms with Gasteiger partial charge >= 0.3 is 0 Å². The lowest BCUT2D eigenvalue weighted by molar-refractivity contribution is -0.123. The molecule has 4 N–H and O–H groups in total. The number of aliphatic hydroxyl groups is 1. The largest absolute Gasteiger partial charge is 0.393 e. The maximum Gasteiger partial charge on any atom is 0.237 e. The van der Waals surface area contributed by atoms with E-state index in [0.29, 0.717) is 19.4 Å². The third-order valence-corrected chi connectivity index (χ3v) is 2.27. The quantitative estimate of drug-likeness (QED) is 0.637. The summed E-state index contributed by atoms with van der Waals surface area (Å²) in [6.07, 6.45) is 0.977. The molecule has 0 aliphatic carbocycles. The molecule has 0 aliphatic heterocycles. The van der Waals surface area contributed by atoms with Crippen molar-refractivity contribution in [2.75, 3.05) is 6.54 Å². The van der Waals surface area contributed by atoms with Crippen molar-refractivity contribution in [2.24, 2.45) is 11.7 Å². The number of nitrogens with two attached hydrogens (primary N) is 1. The predicted octanol–water partition coefficient (Wildman–Crippen LogP) is 0.669. The van der Waals surface area contributed by atoms with Crippen molar-refractivity contribution in [3.63, 3.8) is 0 Å². The average Bonchev–Trinajstić information content (AvgIpc) is 2.15. The van der Waals surface area contributed by atoms with Crippen LogP contribution in [0.5, 0.6) is 0 Å². The van der Waals surface area contributed by atoms with Gasteiger partial charge in [0.1, 0.15) is 0 Å². The molecule has 1 unspecified atom stereocenters. The molecule has 0 radical (unpaired) electrons. The maximum absolute atomic E-state index is 11.3. The van der Waals surface area contributed by atoms with Crippen LogP contribution in [0.2, 0.25) is 0 Å². The Hall–Kier alpha value is -0.320. The summed E-state index contributed by atoms with van der Waals surface area (Å²) in [6, 6.07) is -0.450. The molecule has 0 spiro atoms. The molecule has 4 nitrogen and oxygen atoms in total. The van der Waals surface area contributed by atoms with Gasteiger partial charge in [-0.2, -0.15) is 0 Å². The SMILES string of the molecule is CCC(O)CCNC(=O)[C@@H](N)C(C)C.Cl. The maximum atomic E-state index is 11.3. The molecule has 0 bridgehead atoms. The van der Waals surface area contributed by atoms with Crippen LogP contribution in [0.4, 0.5) is 0 Å². The van der Waals surface area contributed by atoms with Crippen LogP contribution < -0.4 is 11.1 Å². The van der Waals surface area contributed by atoms with E-state index in [-0.39, 0.29) is 30.3 Å². The Kier molecular flexibility index (Phi) is 10.2. The topological polar surface area (TPSA) is 75.3 Å². The molecule has 0 aromatic rings. The highest BCUT2D eigenvalue weighted by Gasteiger charge is 2.16. The van der Waals surface area contributed by atoms with Gasteiger partial charge in [-0.25, -0.2) is 0 Å². The van der Waals surface area contributed by atoms with E-state index >= 15 is 0 Å². The van der Waals surface area contributed by atoms with Crippen molar-refractivity contribution in [3.8, 4) is 0 Å². The standard InChI is InChI=1S/C10H22N2O2.ClH/c1-4-8(13)5-6-12-10(14)9(11)7(2)3;/h7-9,13H,4-6,11H2,1-3H3,(H,12,14);1H/t8?,9-;/m0./s1. The molecule has 0 saturated carbocycles. The van der Waals surface area contributed by atoms with Crippen LogP contribution in [0.15, 0.2) is 0 Å². The Bertz CT molecular complexity index is 177. The summed E-state index contributed by atoms with van der Waals surface area (Å²) < 4.78 is 0. The van der Waals surface area contributed by atoms with Crippen molar-refractivity contribution >= 4 is 18.3 Å². The van der Waals surface area contributed by atoms with E-state index in [1.54, 1.807) is 0 Å². The number of carbonyl (C=O) groups excluding carboxylic acids is 1. The first kappa shape index (κ1) is 17.1. The highest BCUT2D eigenvalue weighted by molar-refractivity contribution is 5.85. The van der Waals surface area contributed by atoms with Crippen LogP contribution in [0, 0.1) is 5.92 Å². The Morgan fingerprint density at radius 1 is 1.47 bits per heavy atom. The van der Waals surface area contributed by atoms with E-state index < -0.39 is 6.04 Å². The molecule has 2 atom stereocenters. The molecule has 0 aliphatic rings. The number of carbonyl (C=O) groups is 1. The third kappa shape index (κ3) is 7.59. The Labute approximate surface area is 98.0 Å². The summed E-state index contributed by atoms with van der Waals surface area (Å²) in [7, 11) is 0. The summed E-state index contributed by atoms with van der Waals surface area (Å²) in [5.74, 6) is 0.00871. The van der Waals surface area contributed by atoms with E-state index in [1.165, 1.54) is 0 Å². The molecule has 5 heteroatoms. The second kappa shape index (κ2) is 8.95. The van der Waals surface area contributed by atoms with Crippen LogP contribution in [0.1, 0.15) is 33.6 Å². The van der Waals surface area contributed by atoms with Gasteiger partial charge in [0, 0.05) is 6.54 Å². The second-order valence-corrected chi connectivity index (χ2v) is 3.91. The molecule has 0 aromatic heterocycles. The van der Waals surface area contributed by atoms with Gasteiger partial charge < -0.3 is 16.2 Å². The highest BCUT2D eigenvalue weighted by atomic mass is 35.5. The van der Waals surface area contributed by atoms with Crippen LogP contribution in [0.25, 0.3) is 0 Å². The second-order valence-electron chi connectivity index (χ2n) is 3.91. The summed E-state index contributed by atoms with van der Waals surface area (Å²) in [5, 5.41) is 11.9. The minimum Gasteiger partial charge on any atom is -0.393 e. The number of hydrogen-bond acceptors (Lipinski definition) is 3. The molecule has 0 heterocycles. The van der Waals surface area contributed by atoms with Crippen LogP contribution in [-0.4, -0.2) is 29.7 Å². The van der Waals surface area contributed by atoms with Crippen molar-refractivity contribution < 1.29 is 9.90 Å². The Balaban J connectivity index is 0. The summed E-state index contributed by atoms with van der Waals surface area (Å²) in [4.78, 5) is 11.3. The van der Waals surface area contributed by atoms with Crippen molar-refractivity contribution in [3.05, 3.63) is 0 Å². The molecular formula is C10H23ClN2O2. The summed E-state index contributed by atoms with van der Waals surface area (Å²) in [5.41, 5.74) is 5.63. The fourth-order valence-electron chi connectivity index (χ4n) is 0.987. The lowest BCUT2D eigenvalue weighted by atomic mass is 10.1. The smallest absolute Gasteiger partial charge is 0.237 e. The van der Waals surface area contributed by atoms with Crippen LogP contribution >= 0.6 is 12.4 Å². The van der Waals surface area contributed by atoms with Gasteiger partial charge in [0.2, 0.25) is 5.91 Å². The molecule has 0 rings (SSSR count). The van der Waals surface area contributed by atoms with E-state index in [1.807, 2.05) is 20.8 Å². The Morgan fingerprint density at radius 3 is 2.40 bits per heavy atom. The van der Waals surface area contributed by atoms with Crippen molar-refractivity contribution in [1.29, 1.82) is 0 Å². The zero-order chi connectivity index (χ0) is 11.1. The highest BCUT2D eigenvalue weighted by Crippen LogP contribution is 1.98. The fraction of sp³-hybridized carbons (Fsp3) is 0.900. The van der Waals surface area contributed by atoms with Crippen molar-refractivity contribution in [2.45, 2.75) is 45.8 Å². The van der Waals surface area contributed by atoms with Gasteiger partial charge in [-0.15, -0.1) is 12.4 Å². The van der Waals surface area contributed by atoms with Crippen molar-refractivity contribution in [1.82, 2.24) is 5.32 Å². The number of hydrogen-bond donors (Lipinski definition) is 3. The average molecular weight is 239 g/mol. The fourth-order valence-corrected chi connectivity index (χ4v) is 0.987. The van der Waals surface area contributed by atoms with Gasteiger partial charge in [0.25, 0.3) is 0 Å². The van der Waals surface area contributed by atoms with Gasteiger partial charge in [0.05, 0.1) is 12.1 Å². The number of aliphatic hydroxyl groups excluding tert-OH is 1. The predicted molar refractivity (Wildman–Crippen MR) is 64.0 cm³/mol. The first-order valence-electron chi connectivity index (χ1n) is 5.20. The summed E-state index contributed by atoms with van der Waals surface area (Å²) >= 11 is 0. The summed E-state index contributed by atoms with van der Waals surface area (Å²) in [6.45, 7) is 6.22. The molecule has 0 saturated heterocycles. The van der Waals surface area contributed by atoms with Gasteiger partial charge in [0.15, 0.2) is 0 Å². The van der Waals surface area contributed by atoms with E-state index in [2.05, 4.69) is 5.32 Å². The molecule has 0 fully saturated rings. The van der Waals surface area contributed by atoms with Crippen LogP contribution in [-0.2, 0) is 4.79 Å². The third-order valence-electron chi connectivity index (χ3n) is 2.27. The molecule has 1 amide bonds. The van der Waals surface area contributed by atoms with Gasteiger partial charge in [-0.05, 0) is 18.8 Å². The molecular weight excluding hydrogens is 216 g/mol. The van der Waals surface area contributed by atoms with Crippen LogP contribution in [0.3, 0.4) is 0 Å². The van der Waals surface area contributed by atoms with Gasteiger partial charge in [-0.1, -0.05) is 20.8 Å². The van der Waals surface area contributed by atoms with E-state index in [4.69, 9.17) is 5.73 Å². The number of nitrogens with one attached hydrogen (secondary N) is 1.